The average molecular weight is 444 g/mol. The molecular formula is C22H30FN7O2. The minimum Gasteiger partial charge on any atom is -0.450 e. The molecule has 10 heteroatoms. The summed E-state index contributed by atoms with van der Waals surface area (Å²) >= 11 is 0. The highest BCUT2D eigenvalue weighted by Crippen LogP contribution is 2.47. The summed E-state index contributed by atoms with van der Waals surface area (Å²) in [6, 6.07) is 1.92. The molecule has 1 aliphatic carbocycles. The van der Waals surface area contributed by atoms with E-state index in [2.05, 4.69) is 25.1 Å². The molecule has 9 nitrogen and oxygen atoms in total. The molecule has 2 aromatic heterocycles. The first-order valence-corrected chi connectivity index (χ1v) is 11.4. The molecule has 0 aromatic carbocycles. The van der Waals surface area contributed by atoms with Crippen molar-refractivity contribution in [3.05, 3.63) is 24.3 Å². The van der Waals surface area contributed by atoms with Gasteiger partial charge in [0.2, 0.25) is 0 Å². The summed E-state index contributed by atoms with van der Waals surface area (Å²) in [7, 11) is 1.77. The number of carbonyl (C=O) groups excluding carboxylic acids is 1. The van der Waals surface area contributed by atoms with Crippen LogP contribution in [0.2, 0.25) is 0 Å². The molecule has 3 aliphatic rings. The lowest BCUT2D eigenvalue weighted by Gasteiger charge is -2.48. The van der Waals surface area contributed by atoms with Crippen LogP contribution in [0.15, 0.2) is 18.5 Å². The van der Waals surface area contributed by atoms with Crippen molar-refractivity contribution < 1.29 is 13.9 Å². The van der Waals surface area contributed by atoms with Gasteiger partial charge in [0.25, 0.3) is 0 Å². The number of halogens is 1. The fraction of sp³-hybridized carbons (Fsp3) is 0.636. The minimum absolute atomic E-state index is 0.184. The lowest BCUT2D eigenvalue weighted by atomic mass is 9.78. The number of aryl methyl sites for hydroxylation is 1. The van der Waals surface area contributed by atoms with Crippen LogP contribution >= 0.6 is 0 Å². The number of rotatable bonds is 4. The van der Waals surface area contributed by atoms with Crippen LogP contribution in [-0.2, 0) is 11.8 Å². The van der Waals surface area contributed by atoms with Crippen LogP contribution in [0.5, 0.6) is 0 Å². The van der Waals surface area contributed by atoms with Gasteiger partial charge in [-0.2, -0.15) is 0 Å². The highest BCUT2D eigenvalue weighted by Gasteiger charge is 2.51. The first-order valence-electron chi connectivity index (χ1n) is 11.4. The molecule has 2 saturated heterocycles. The topological polar surface area (TPSA) is 79.6 Å². The predicted octanol–water partition coefficient (Wildman–Crippen LogP) is 2.15. The number of anilines is 1. The Labute approximate surface area is 187 Å². The van der Waals surface area contributed by atoms with Crippen LogP contribution in [0.3, 0.4) is 0 Å². The van der Waals surface area contributed by atoms with Crippen LogP contribution in [0.1, 0.15) is 26.2 Å². The zero-order valence-electron chi connectivity index (χ0n) is 18.7. The second kappa shape index (κ2) is 8.31. The maximum absolute atomic E-state index is 14.7. The van der Waals surface area contributed by atoms with Crippen molar-refractivity contribution in [2.24, 2.45) is 12.5 Å². The summed E-state index contributed by atoms with van der Waals surface area (Å²) in [5.74, 6) is 0.309. The van der Waals surface area contributed by atoms with Gasteiger partial charge in [-0.25, -0.2) is 14.2 Å². The van der Waals surface area contributed by atoms with Crippen LogP contribution in [0.25, 0.3) is 11.3 Å². The molecule has 0 unspecified atom stereocenters. The third-order valence-electron chi connectivity index (χ3n) is 7.12. The summed E-state index contributed by atoms with van der Waals surface area (Å²) in [6.45, 7) is 7.32. The number of nitrogens with zero attached hydrogens (tertiary/aromatic N) is 7. The molecule has 4 heterocycles. The zero-order valence-corrected chi connectivity index (χ0v) is 18.7. The smallest absolute Gasteiger partial charge is 0.409 e. The summed E-state index contributed by atoms with van der Waals surface area (Å²) in [4.78, 5) is 23.0. The molecule has 1 atom stereocenters. The van der Waals surface area contributed by atoms with Crippen molar-refractivity contribution in [1.82, 2.24) is 29.8 Å². The molecule has 1 spiro atoms. The quantitative estimate of drug-likeness (QED) is 0.716. The Balaban J connectivity index is 1.20. The molecule has 172 valence electrons. The SMILES string of the molecule is CCOC(=O)N1CC2(CC[C@@H](N3CCN(c4nccc(F)c4-c4cn(C)nn4)CC3)C2)C1. The van der Waals surface area contributed by atoms with E-state index in [0.717, 1.165) is 52.1 Å². The van der Waals surface area contributed by atoms with E-state index in [0.29, 0.717) is 29.7 Å². The maximum Gasteiger partial charge on any atom is 0.409 e. The van der Waals surface area contributed by atoms with Crippen LogP contribution in [0, 0.1) is 11.2 Å². The van der Waals surface area contributed by atoms with E-state index >= 15 is 0 Å². The first-order chi connectivity index (χ1) is 15.5. The number of aromatic nitrogens is 4. The number of hydrogen-bond donors (Lipinski definition) is 0. The molecule has 5 rings (SSSR count). The number of carbonyl (C=O) groups is 1. The summed E-state index contributed by atoms with van der Waals surface area (Å²) in [6.07, 6.45) is 6.51. The molecule has 0 radical (unpaired) electrons. The third kappa shape index (κ3) is 3.80. The molecule has 0 N–H and O–H groups in total. The number of likely N-dealkylation sites (tertiary alicyclic amines) is 1. The highest BCUT2D eigenvalue weighted by molar-refractivity contribution is 5.73. The summed E-state index contributed by atoms with van der Waals surface area (Å²) < 4.78 is 21.4. The fourth-order valence-corrected chi connectivity index (χ4v) is 5.55. The van der Waals surface area contributed by atoms with Crippen molar-refractivity contribution in [3.8, 4) is 11.3 Å². The Kier molecular flexibility index (Phi) is 5.48. The molecule has 1 amide bonds. The first kappa shape index (κ1) is 21.1. The van der Waals surface area contributed by atoms with E-state index < -0.39 is 0 Å². The summed E-state index contributed by atoms with van der Waals surface area (Å²) in [5, 5.41) is 8.05. The van der Waals surface area contributed by atoms with Gasteiger partial charge in [0.05, 0.1) is 18.4 Å². The van der Waals surface area contributed by atoms with Gasteiger partial charge in [0.15, 0.2) is 0 Å². The van der Waals surface area contributed by atoms with E-state index in [-0.39, 0.29) is 17.3 Å². The monoisotopic (exact) mass is 443 g/mol. The molecule has 2 aromatic rings. The van der Waals surface area contributed by atoms with Crippen LogP contribution < -0.4 is 4.90 Å². The predicted molar refractivity (Wildman–Crippen MR) is 117 cm³/mol. The lowest BCUT2D eigenvalue weighted by Crippen LogP contribution is -2.58. The standard InChI is InChI=1S/C22H30FN7O2/c1-3-32-21(31)30-14-22(15-30)6-4-16(12-22)28-8-10-29(11-9-28)20-19(17(23)5-7-24-20)18-13-27(2)26-25-18/h5,7,13,16H,3-4,6,8-12,14-15H2,1-2H3/t16-/m1/s1. The maximum atomic E-state index is 14.7. The Morgan fingerprint density at radius 2 is 2.06 bits per heavy atom. The molecule has 1 saturated carbocycles. The number of piperazine rings is 1. The van der Waals surface area contributed by atoms with Gasteiger partial charge in [0.1, 0.15) is 17.3 Å². The Morgan fingerprint density at radius 1 is 1.28 bits per heavy atom. The van der Waals surface area contributed by atoms with E-state index in [1.165, 1.54) is 18.7 Å². The van der Waals surface area contributed by atoms with Gasteiger partial charge in [-0.3, -0.25) is 9.58 Å². The zero-order chi connectivity index (χ0) is 22.3. The molecular weight excluding hydrogens is 413 g/mol. The van der Waals surface area contributed by atoms with Crippen LogP contribution in [-0.4, -0.2) is 87.8 Å². The molecule has 3 fully saturated rings. The van der Waals surface area contributed by atoms with Crippen molar-refractivity contribution in [2.45, 2.75) is 32.2 Å². The molecule has 2 aliphatic heterocycles. The molecule has 32 heavy (non-hydrogen) atoms. The van der Waals surface area contributed by atoms with Gasteiger partial charge in [-0.05, 0) is 32.3 Å². The number of hydrogen-bond acceptors (Lipinski definition) is 7. The van der Waals surface area contributed by atoms with Crippen molar-refractivity contribution in [3.63, 3.8) is 0 Å². The minimum atomic E-state index is -0.327. The van der Waals surface area contributed by atoms with Gasteiger partial charge < -0.3 is 14.5 Å². The van der Waals surface area contributed by atoms with Crippen LogP contribution in [0.4, 0.5) is 15.0 Å². The number of amides is 1. The Bertz CT molecular complexity index is 982. The van der Waals surface area contributed by atoms with Gasteiger partial charge in [0, 0.05) is 64.0 Å². The van der Waals surface area contributed by atoms with Gasteiger partial charge in [-0.1, -0.05) is 5.21 Å². The second-order valence-electron chi connectivity index (χ2n) is 9.24. The Hall–Kier alpha value is -2.75. The van der Waals surface area contributed by atoms with E-state index in [4.69, 9.17) is 4.74 Å². The molecule has 0 bridgehead atoms. The second-order valence-corrected chi connectivity index (χ2v) is 9.24. The highest BCUT2D eigenvalue weighted by atomic mass is 19.1. The number of pyridine rings is 1. The van der Waals surface area contributed by atoms with Gasteiger partial charge in [-0.15, -0.1) is 5.10 Å². The van der Waals surface area contributed by atoms with Crippen molar-refractivity contribution >= 4 is 11.9 Å². The third-order valence-corrected chi connectivity index (χ3v) is 7.12. The van der Waals surface area contributed by atoms with E-state index in [1.54, 1.807) is 17.9 Å². The summed E-state index contributed by atoms with van der Waals surface area (Å²) in [5.41, 5.74) is 1.18. The fourth-order valence-electron chi connectivity index (χ4n) is 5.55. The normalized spacial score (nSPS) is 22.9. The van der Waals surface area contributed by atoms with Gasteiger partial charge >= 0.3 is 6.09 Å². The average Bonchev–Trinajstić information content (AvgIpc) is 3.40. The van der Waals surface area contributed by atoms with Crippen molar-refractivity contribution in [1.29, 1.82) is 0 Å². The van der Waals surface area contributed by atoms with Crippen molar-refractivity contribution in [2.75, 3.05) is 50.8 Å². The Morgan fingerprint density at radius 3 is 2.75 bits per heavy atom. The number of ether oxygens (including phenoxy) is 1. The van der Waals surface area contributed by atoms with E-state index in [1.807, 2.05) is 11.8 Å². The van der Waals surface area contributed by atoms with E-state index in [9.17, 15) is 9.18 Å². The largest absolute Gasteiger partial charge is 0.450 e. The lowest BCUT2D eigenvalue weighted by molar-refractivity contribution is -0.00294.